The molecule has 208 valence electrons. The van der Waals surface area contributed by atoms with Crippen LogP contribution in [0, 0.1) is 18.3 Å². The molecule has 8 heteroatoms. The third kappa shape index (κ3) is 5.14. The summed E-state index contributed by atoms with van der Waals surface area (Å²) in [5, 5.41) is 9.03. The first-order valence-corrected chi connectivity index (χ1v) is 14.5. The molecule has 0 saturated carbocycles. The molecule has 8 nitrogen and oxygen atoms in total. The molecule has 4 aromatic rings. The van der Waals surface area contributed by atoms with Crippen molar-refractivity contribution in [1.82, 2.24) is 14.8 Å². The van der Waals surface area contributed by atoms with Crippen LogP contribution in [-0.4, -0.2) is 65.1 Å². The van der Waals surface area contributed by atoms with Gasteiger partial charge < -0.3 is 19.0 Å². The monoisotopic (exact) mass is 547 g/mol. The van der Waals surface area contributed by atoms with Crippen molar-refractivity contribution in [3.63, 3.8) is 0 Å². The second kappa shape index (κ2) is 10.6. The van der Waals surface area contributed by atoms with Gasteiger partial charge in [0.25, 0.3) is 5.89 Å². The smallest absolute Gasteiger partial charge is 0.310 e. The molecular weight excluding hydrogens is 514 g/mol. The Hall–Kier alpha value is -4.35. The fourth-order valence-corrected chi connectivity index (χ4v) is 6.48. The maximum Gasteiger partial charge on any atom is 0.310 e. The van der Waals surface area contributed by atoms with Gasteiger partial charge in [0.1, 0.15) is 17.4 Å². The number of benzene rings is 3. The number of hydrogen-bond donors (Lipinski definition) is 0. The average Bonchev–Trinajstić information content (AvgIpc) is 3.72. The molecule has 7 rings (SSSR count). The number of hydrogen-bond acceptors (Lipinski definition) is 7. The number of piperidine rings is 1. The number of nitrogens with zero attached hydrogens (tertiary/aromatic N) is 5. The van der Waals surface area contributed by atoms with Crippen molar-refractivity contribution >= 4 is 22.7 Å². The van der Waals surface area contributed by atoms with E-state index in [0.717, 1.165) is 51.2 Å². The largest absolute Gasteiger partial charge is 0.490 e. The summed E-state index contributed by atoms with van der Waals surface area (Å²) in [6.07, 6.45) is 3.01. The number of anilines is 1. The van der Waals surface area contributed by atoms with Gasteiger partial charge in [0.2, 0.25) is 0 Å². The number of aryl methyl sites for hydroxylation is 1. The van der Waals surface area contributed by atoms with E-state index >= 15 is 0 Å². The topological polar surface area (TPSA) is 85.8 Å². The molecule has 2 atom stereocenters. The average molecular weight is 548 g/mol. The van der Waals surface area contributed by atoms with Crippen LogP contribution in [0.5, 0.6) is 5.75 Å². The van der Waals surface area contributed by atoms with E-state index in [9.17, 15) is 4.79 Å². The van der Waals surface area contributed by atoms with Crippen molar-refractivity contribution in [2.45, 2.75) is 50.9 Å². The summed E-state index contributed by atoms with van der Waals surface area (Å²) in [6, 6.07) is 24.7. The summed E-state index contributed by atoms with van der Waals surface area (Å²) in [5.74, 6) is 0.757. The number of likely N-dealkylation sites (tertiary alicyclic amines) is 2. The zero-order chi connectivity index (χ0) is 27.9. The maximum absolute atomic E-state index is 13.4. The lowest BCUT2D eigenvalue weighted by Crippen LogP contribution is -2.48. The second-order valence-corrected chi connectivity index (χ2v) is 11.5. The summed E-state index contributed by atoms with van der Waals surface area (Å²) in [4.78, 5) is 24.7. The van der Waals surface area contributed by atoms with Gasteiger partial charge in [-0.2, -0.15) is 5.26 Å². The number of aromatic nitrogens is 1. The van der Waals surface area contributed by atoms with Crippen LogP contribution in [-0.2, 0) is 6.54 Å². The number of oxazole rings is 1. The van der Waals surface area contributed by atoms with Crippen LogP contribution in [0.2, 0.25) is 0 Å². The van der Waals surface area contributed by atoms with E-state index in [-0.39, 0.29) is 23.9 Å². The SMILES string of the molecule is Cc1ccc(N2CCC(Oc3ccc4nc(C(=O)N5CC6CC5CN6Cc5ccc(C#N)cc5)oc4c3)CC2)cc1. The van der Waals surface area contributed by atoms with Crippen LogP contribution in [0.15, 0.2) is 71.1 Å². The molecule has 3 fully saturated rings. The summed E-state index contributed by atoms with van der Waals surface area (Å²) in [7, 11) is 0. The van der Waals surface area contributed by atoms with Crippen LogP contribution in [0.25, 0.3) is 11.1 Å². The number of rotatable bonds is 6. The van der Waals surface area contributed by atoms with E-state index in [1.807, 2.05) is 47.4 Å². The number of nitriles is 1. The third-order valence-corrected chi connectivity index (χ3v) is 8.77. The van der Waals surface area contributed by atoms with Crippen molar-refractivity contribution in [2.24, 2.45) is 0 Å². The summed E-state index contributed by atoms with van der Waals surface area (Å²) in [6.45, 7) is 6.36. The van der Waals surface area contributed by atoms with Crippen LogP contribution >= 0.6 is 0 Å². The second-order valence-electron chi connectivity index (χ2n) is 11.5. The predicted octanol–water partition coefficient (Wildman–Crippen LogP) is 5.15. The fourth-order valence-electron chi connectivity index (χ4n) is 6.48. The lowest BCUT2D eigenvalue weighted by molar-refractivity contribution is 0.0579. The quantitative estimate of drug-likeness (QED) is 0.330. The molecule has 41 heavy (non-hydrogen) atoms. The van der Waals surface area contributed by atoms with Crippen molar-refractivity contribution in [2.75, 3.05) is 31.1 Å². The molecule has 0 radical (unpaired) electrons. The molecule has 2 unspecified atom stereocenters. The van der Waals surface area contributed by atoms with E-state index < -0.39 is 0 Å². The van der Waals surface area contributed by atoms with Crippen LogP contribution in [0.3, 0.4) is 0 Å². The molecule has 0 spiro atoms. The highest BCUT2D eigenvalue weighted by molar-refractivity contribution is 5.93. The number of fused-ring (bicyclic) bond motifs is 3. The molecule has 3 saturated heterocycles. The minimum Gasteiger partial charge on any atom is -0.490 e. The number of amides is 1. The van der Waals surface area contributed by atoms with Gasteiger partial charge in [-0.3, -0.25) is 9.69 Å². The molecule has 3 aliphatic rings. The molecule has 0 N–H and O–H groups in total. The van der Waals surface area contributed by atoms with E-state index in [0.29, 0.717) is 29.2 Å². The Labute approximate surface area is 239 Å². The molecular formula is C33H33N5O3. The molecule has 0 aliphatic carbocycles. The number of piperazine rings is 1. The minimum absolute atomic E-state index is 0.141. The van der Waals surface area contributed by atoms with Gasteiger partial charge in [-0.15, -0.1) is 0 Å². The van der Waals surface area contributed by atoms with Gasteiger partial charge >= 0.3 is 5.91 Å². The van der Waals surface area contributed by atoms with E-state index in [1.54, 1.807) is 0 Å². The molecule has 2 bridgehead atoms. The van der Waals surface area contributed by atoms with E-state index in [4.69, 9.17) is 14.4 Å². The Bertz CT molecular complexity index is 1600. The van der Waals surface area contributed by atoms with Crippen molar-refractivity contribution in [3.8, 4) is 11.8 Å². The maximum atomic E-state index is 13.4. The summed E-state index contributed by atoms with van der Waals surface area (Å²) < 4.78 is 12.3. The highest BCUT2D eigenvalue weighted by atomic mass is 16.5. The molecule has 1 amide bonds. The van der Waals surface area contributed by atoms with Gasteiger partial charge in [-0.05, 0) is 55.3 Å². The first-order chi connectivity index (χ1) is 20.0. The first-order valence-electron chi connectivity index (χ1n) is 14.5. The van der Waals surface area contributed by atoms with Crippen molar-refractivity contribution < 1.29 is 13.9 Å². The van der Waals surface area contributed by atoms with Gasteiger partial charge in [-0.1, -0.05) is 29.8 Å². The van der Waals surface area contributed by atoms with Crippen LogP contribution in [0.1, 0.15) is 46.6 Å². The molecule has 1 aromatic heterocycles. The van der Waals surface area contributed by atoms with Gasteiger partial charge in [-0.25, -0.2) is 4.98 Å². The number of ether oxygens (including phenoxy) is 1. The van der Waals surface area contributed by atoms with Gasteiger partial charge in [0.05, 0.1) is 11.6 Å². The van der Waals surface area contributed by atoms with Gasteiger partial charge in [0.15, 0.2) is 5.58 Å². The number of carbonyl (C=O) groups excluding carboxylic acids is 1. The Morgan fingerprint density at radius 2 is 1.80 bits per heavy atom. The Morgan fingerprint density at radius 1 is 1.02 bits per heavy atom. The minimum atomic E-state index is -0.141. The predicted molar refractivity (Wildman–Crippen MR) is 156 cm³/mol. The number of carbonyl (C=O) groups is 1. The summed E-state index contributed by atoms with van der Waals surface area (Å²) in [5.41, 5.74) is 5.64. The van der Waals surface area contributed by atoms with Crippen LogP contribution < -0.4 is 9.64 Å². The van der Waals surface area contributed by atoms with E-state index in [1.165, 1.54) is 16.8 Å². The Morgan fingerprint density at radius 3 is 2.51 bits per heavy atom. The van der Waals surface area contributed by atoms with Gasteiger partial charge in [0, 0.05) is 69.4 Å². The van der Waals surface area contributed by atoms with Crippen LogP contribution in [0.4, 0.5) is 5.69 Å². The third-order valence-electron chi connectivity index (χ3n) is 8.77. The molecule has 3 aromatic carbocycles. The molecule has 4 heterocycles. The fraction of sp³-hybridized carbons (Fsp3) is 0.364. The highest BCUT2D eigenvalue weighted by Crippen LogP contribution is 2.34. The first kappa shape index (κ1) is 25.6. The normalized spacial score (nSPS) is 21.0. The van der Waals surface area contributed by atoms with E-state index in [2.05, 4.69) is 52.0 Å². The Kier molecular flexibility index (Phi) is 6.60. The zero-order valence-electron chi connectivity index (χ0n) is 23.2. The van der Waals surface area contributed by atoms with Crippen molar-refractivity contribution in [3.05, 3.63) is 89.3 Å². The van der Waals surface area contributed by atoms with Crippen molar-refractivity contribution in [1.29, 1.82) is 5.26 Å². The summed E-state index contributed by atoms with van der Waals surface area (Å²) >= 11 is 0. The zero-order valence-corrected chi connectivity index (χ0v) is 23.2. The highest BCUT2D eigenvalue weighted by Gasteiger charge is 2.46. The Balaban J connectivity index is 0.955. The molecule has 3 aliphatic heterocycles. The lowest BCUT2D eigenvalue weighted by Gasteiger charge is -2.33. The lowest BCUT2D eigenvalue weighted by atomic mass is 10.1. The standard InChI is InChI=1S/C33H33N5O3/c1-22-2-8-25(9-3-22)36-14-12-28(13-15-36)40-29-10-11-30-31(17-29)41-32(35-30)33(39)38-21-26-16-27(38)20-37(26)19-24-6-4-23(18-34)5-7-24/h2-11,17,26-28H,12-16,19-21H2,1H3.